The Kier molecular flexibility index (Phi) is 3.98. The normalized spacial score (nSPS) is 22.1. The molecule has 0 aliphatic carbocycles. The van der Waals surface area contributed by atoms with E-state index in [1.54, 1.807) is 6.92 Å². The topological polar surface area (TPSA) is 63.4 Å². The summed E-state index contributed by atoms with van der Waals surface area (Å²) >= 11 is 0. The minimum Gasteiger partial charge on any atom is -0.368 e. The summed E-state index contributed by atoms with van der Waals surface area (Å²) in [7, 11) is 0. The Balaban J connectivity index is 2.74. The molecule has 2 amide bonds. The van der Waals surface area contributed by atoms with Gasteiger partial charge in [0, 0.05) is 18.9 Å². The van der Waals surface area contributed by atoms with E-state index in [1.807, 2.05) is 0 Å². The monoisotopic (exact) mass is 232 g/mol. The minimum atomic E-state index is -1.80. The summed E-state index contributed by atoms with van der Waals surface area (Å²) in [5, 5.41) is 0. The Labute approximate surface area is 92.1 Å². The van der Waals surface area contributed by atoms with Crippen LogP contribution in [0.5, 0.6) is 0 Å². The van der Waals surface area contributed by atoms with Crippen LogP contribution in [0.25, 0.3) is 0 Å². The zero-order chi connectivity index (χ0) is 12.3. The highest BCUT2D eigenvalue weighted by Gasteiger charge is 2.35. The molecule has 4 nitrogen and oxygen atoms in total. The van der Waals surface area contributed by atoms with Crippen molar-refractivity contribution in [3.05, 3.63) is 12.2 Å². The van der Waals surface area contributed by atoms with Gasteiger partial charge in [-0.05, 0) is 12.5 Å². The van der Waals surface area contributed by atoms with Crippen molar-refractivity contribution in [2.24, 2.45) is 11.7 Å². The van der Waals surface area contributed by atoms with E-state index in [2.05, 4.69) is 0 Å². The first-order valence-electron chi connectivity index (χ1n) is 5.07. The van der Waals surface area contributed by atoms with Gasteiger partial charge in [-0.25, -0.2) is 0 Å². The Morgan fingerprint density at radius 2 is 2.31 bits per heavy atom. The minimum absolute atomic E-state index is 0.0150. The number of rotatable bonds is 4. The lowest BCUT2D eigenvalue weighted by atomic mass is 10.1. The van der Waals surface area contributed by atoms with Gasteiger partial charge in [-0.3, -0.25) is 9.59 Å². The predicted octanol–water partition coefficient (Wildman–Crippen LogP) is 0.879. The number of primary amides is 1. The number of nitrogens with two attached hydrogens (primary N) is 1. The molecule has 0 unspecified atom stereocenters. The molecule has 0 bridgehead atoms. The fraction of sp³-hybridized carbons (Fsp3) is 0.600. The molecule has 1 saturated heterocycles. The quantitative estimate of drug-likeness (QED) is 0.782. The number of likely N-dealkylation sites (tertiary alicyclic amines) is 1. The largest absolute Gasteiger partial charge is 0.368 e. The van der Waals surface area contributed by atoms with Crippen LogP contribution < -0.4 is 5.73 Å². The van der Waals surface area contributed by atoms with Gasteiger partial charge in [0.25, 0.3) is 6.08 Å². The van der Waals surface area contributed by atoms with Gasteiger partial charge >= 0.3 is 0 Å². The Morgan fingerprint density at radius 1 is 1.69 bits per heavy atom. The van der Waals surface area contributed by atoms with Gasteiger partial charge in [0.2, 0.25) is 11.8 Å². The molecule has 90 valence electrons. The van der Waals surface area contributed by atoms with E-state index >= 15 is 0 Å². The molecule has 2 atom stereocenters. The van der Waals surface area contributed by atoms with Crippen molar-refractivity contribution in [3.63, 3.8) is 0 Å². The van der Waals surface area contributed by atoms with Crippen LogP contribution in [-0.2, 0) is 9.59 Å². The van der Waals surface area contributed by atoms with Crippen LogP contribution in [0, 0.1) is 5.92 Å². The summed E-state index contributed by atoms with van der Waals surface area (Å²) in [5.74, 6) is -1.42. The number of hydrogen-bond donors (Lipinski definition) is 1. The first-order chi connectivity index (χ1) is 7.45. The third kappa shape index (κ3) is 2.77. The van der Waals surface area contributed by atoms with E-state index in [0.717, 1.165) is 6.08 Å². The van der Waals surface area contributed by atoms with Crippen LogP contribution in [0.1, 0.15) is 19.8 Å². The molecule has 1 aliphatic heterocycles. The van der Waals surface area contributed by atoms with E-state index in [4.69, 9.17) is 5.73 Å². The molecule has 0 radical (unpaired) electrons. The van der Waals surface area contributed by atoms with Crippen molar-refractivity contribution in [1.82, 2.24) is 4.90 Å². The first kappa shape index (κ1) is 12.6. The molecule has 2 N–H and O–H groups in total. The standard InChI is InChI=1S/C10H14F2N2O2/c1-2-7(10(13)16)14-5-6(3-8(11)12)4-9(14)15/h3,6-7H,2,4-5H2,1H3,(H2,13,16)/t6-,7+/m1/s1. The van der Waals surface area contributed by atoms with E-state index in [1.165, 1.54) is 4.90 Å². The summed E-state index contributed by atoms with van der Waals surface area (Å²) < 4.78 is 24.0. The van der Waals surface area contributed by atoms with Crippen molar-refractivity contribution in [2.75, 3.05) is 6.54 Å². The fourth-order valence-electron chi connectivity index (χ4n) is 1.93. The van der Waals surface area contributed by atoms with Gasteiger partial charge in [-0.15, -0.1) is 0 Å². The van der Waals surface area contributed by atoms with Gasteiger partial charge < -0.3 is 10.6 Å². The van der Waals surface area contributed by atoms with Crippen LogP contribution in [0.4, 0.5) is 8.78 Å². The number of nitrogens with zero attached hydrogens (tertiary/aromatic N) is 1. The number of carbonyl (C=O) groups is 2. The molecule has 0 aromatic heterocycles. The number of amides is 2. The van der Waals surface area contributed by atoms with E-state index < -0.39 is 23.9 Å². The molecule has 1 rings (SSSR count). The predicted molar refractivity (Wildman–Crippen MR) is 53.4 cm³/mol. The van der Waals surface area contributed by atoms with Crippen molar-refractivity contribution in [3.8, 4) is 0 Å². The third-order valence-electron chi connectivity index (χ3n) is 2.64. The molecule has 0 saturated carbocycles. The molecule has 0 spiro atoms. The molecule has 1 aliphatic rings. The van der Waals surface area contributed by atoms with Crippen LogP contribution >= 0.6 is 0 Å². The fourth-order valence-corrected chi connectivity index (χ4v) is 1.93. The van der Waals surface area contributed by atoms with Crippen LogP contribution in [0.2, 0.25) is 0 Å². The number of hydrogen-bond acceptors (Lipinski definition) is 2. The zero-order valence-corrected chi connectivity index (χ0v) is 8.95. The maximum absolute atomic E-state index is 12.0. The molecular weight excluding hydrogens is 218 g/mol. The highest BCUT2D eigenvalue weighted by atomic mass is 19.3. The summed E-state index contributed by atoms with van der Waals surface area (Å²) in [5.41, 5.74) is 5.14. The average Bonchev–Trinajstić information content (AvgIpc) is 2.46. The maximum Gasteiger partial charge on any atom is 0.266 e. The second kappa shape index (κ2) is 5.05. The summed E-state index contributed by atoms with van der Waals surface area (Å²) in [4.78, 5) is 23.9. The van der Waals surface area contributed by atoms with E-state index in [0.29, 0.717) is 6.42 Å². The van der Waals surface area contributed by atoms with Gasteiger partial charge in [0.05, 0.1) is 0 Å². The number of halogens is 2. The average molecular weight is 232 g/mol. The van der Waals surface area contributed by atoms with Gasteiger partial charge in [-0.1, -0.05) is 6.92 Å². The van der Waals surface area contributed by atoms with Crippen molar-refractivity contribution < 1.29 is 18.4 Å². The maximum atomic E-state index is 12.0. The summed E-state index contributed by atoms with van der Waals surface area (Å²) in [6.45, 7) is 1.86. The van der Waals surface area contributed by atoms with Crippen LogP contribution in [0.15, 0.2) is 12.2 Å². The molecule has 6 heteroatoms. The third-order valence-corrected chi connectivity index (χ3v) is 2.64. The van der Waals surface area contributed by atoms with Crippen molar-refractivity contribution in [2.45, 2.75) is 25.8 Å². The van der Waals surface area contributed by atoms with Crippen LogP contribution in [-0.4, -0.2) is 29.3 Å². The highest BCUT2D eigenvalue weighted by molar-refractivity contribution is 5.87. The molecule has 16 heavy (non-hydrogen) atoms. The SMILES string of the molecule is CC[C@@H](C(N)=O)N1C[C@H](C=C(F)F)CC1=O. The lowest BCUT2D eigenvalue weighted by Crippen LogP contribution is -2.45. The molecule has 1 heterocycles. The van der Waals surface area contributed by atoms with Crippen molar-refractivity contribution >= 4 is 11.8 Å². The van der Waals surface area contributed by atoms with Gasteiger partial charge in [-0.2, -0.15) is 8.78 Å². The Bertz CT molecular complexity index is 327. The lowest BCUT2D eigenvalue weighted by Gasteiger charge is -2.23. The summed E-state index contributed by atoms with van der Waals surface area (Å²) in [6, 6.07) is -0.687. The van der Waals surface area contributed by atoms with Crippen LogP contribution in [0.3, 0.4) is 0 Å². The second-order valence-electron chi connectivity index (χ2n) is 3.79. The first-order valence-corrected chi connectivity index (χ1v) is 5.07. The van der Waals surface area contributed by atoms with Gasteiger partial charge in [0.15, 0.2) is 0 Å². The molecule has 1 fully saturated rings. The molecule has 0 aromatic carbocycles. The Morgan fingerprint density at radius 3 is 2.75 bits per heavy atom. The molecule has 0 aromatic rings. The highest BCUT2D eigenvalue weighted by Crippen LogP contribution is 2.23. The molecular formula is C10H14F2N2O2. The second-order valence-corrected chi connectivity index (χ2v) is 3.79. The van der Waals surface area contributed by atoms with E-state index in [9.17, 15) is 18.4 Å². The smallest absolute Gasteiger partial charge is 0.266 e. The zero-order valence-electron chi connectivity index (χ0n) is 8.95. The number of carbonyl (C=O) groups excluding carboxylic acids is 2. The Hall–Kier alpha value is -1.46. The van der Waals surface area contributed by atoms with Gasteiger partial charge in [0.1, 0.15) is 6.04 Å². The van der Waals surface area contributed by atoms with E-state index in [-0.39, 0.29) is 18.9 Å². The summed E-state index contributed by atoms with van der Waals surface area (Å²) in [6.07, 6.45) is -0.630. The van der Waals surface area contributed by atoms with Crippen molar-refractivity contribution in [1.29, 1.82) is 0 Å². The lowest BCUT2D eigenvalue weighted by molar-refractivity contribution is -0.136.